The van der Waals surface area contributed by atoms with Gasteiger partial charge in [-0.1, -0.05) is 65.3 Å². The van der Waals surface area contributed by atoms with Crippen LogP contribution in [0.5, 0.6) is 0 Å². The van der Waals surface area contributed by atoms with Gasteiger partial charge in [-0.25, -0.2) is 4.98 Å². The molecular weight excluding hydrogens is 749 g/mol. The van der Waals surface area contributed by atoms with Crippen LogP contribution in [0.1, 0.15) is 96.3 Å². The molecule has 1 aliphatic rings. The van der Waals surface area contributed by atoms with E-state index in [0.29, 0.717) is 25.1 Å². The van der Waals surface area contributed by atoms with Gasteiger partial charge in [-0.05, 0) is 70.2 Å². The Morgan fingerprint density at radius 3 is 2.18 bits per heavy atom. The fourth-order valence-corrected chi connectivity index (χ4v) is 8.39. The Balaban J connectivity index is 1.79. The molecule has 14 heteroatoms. The third-order valence-corrected chi connectivity index (χ3v) is 13.1. The quantitative estimate of drug-likeness (QED) is 0.143. The molecule has 0 bridgehead atoms. The lowest BCUT2D eigenvalue weighted by atomic mass is 9.89. The van der Waals surface area contributed by atoms with Crippen molar-refractivity contribution in [3.05, 3.63) is 52.0 Å². The van der Waals surface area contributed by atoms with Gasteiger partial charge in [-0.2, -0.15) is 12.6 Å². The van der Waals surface area contributed by atoms with E-state index in [1.54, 1.807) is 32.4 Å². The van der Waals surface area contributed by atoms with Crippen LogP contribution in [0, 0.1) is 17.8 Å². The van der Waals surface area contributed by atoms with Crippen LogP contribution in [0.2, 0.25) is 0 Å². The number of benzene rings is 1. The summed E-state index contributed by atoms with van der Waals surface area (Å²) in [6.07, 6.45) is 3.42. The van der Waals surface area contributed by atoms with Crippen molar-refractivity contribution in [2.75, 3.05) is 41.9 Å². The van der Waals surface area contributed by atoms with E-state index in [-0.39, 0.29) is 54.0 Å². The molecule has 56 heavy (non-hydrogen) atoms. The molecule has 1 saturated heterocycles. The smallest absolute Gasteiger partial charge is 0.245 e. The summed E-state index contributed by atoms with van der Waals surface area (Å²) in [5.74, 6) is -0.861. The first kappa shape index (κ1) is 47.3. The number of rotatable bonds is 21. The zero-order valence-electron chi connectivity index (χ0n) is 35.7. The zero-order valence-corrected chi connectivity index (χ0v) is 37.4. The van der Waals surface area contributed by atoms with Gasteiger partial charge in [0.15, 0.2) is 0 Å². The molecule has 1 aromatic carbocycles. The molecule has 1 aromatic heterocycles. The Morgan fingerprint density at radius 2 is 1.66 bits per heavy atom. The van der Waals surface area contributed by atoms with Gasteiger partial charge in [0.25, 0.3) is 0 Å². The Morgan fingerprint density at radius 1 is 1.02 bits per heavy atom. The van der Waals surface area contributed by atoms with Crippen molar-refractivity contribution in [1.82, 2.24) is 30.3 Å². The minimum Gasteiger partial charge on any atom is -0.379 e. The number of carbonyl (C=O) groups is 4. The molecular formula is C42H68N6O6S2. The zero-order chi connectivity index (χ0) is 41.9. The average Bonchev–Trinajstić information content (AvgIpc) is 3.90. The summed E-state index contributed by atoms with van der Waals surface area (Å²) in [4.78, 5) is 65.7. The van der Waals surface area contributed by atoms with Crippen molar-refractivity contribution in [3.63, 3.8) is 0 Å². The molecule has 2 N–H and O–H groups in total. The third kappa shape index (κ3) is 11.8. The molecule has 2 aromatic rings. The normalized spacial score (nSPS) is 18.6. The highest BCUT2D eigenvalue weighted by molar-refractivity contribution is 7.79. The van der Waals surface area contributed by atoms with Crippen LogP contribution in [0.25, 0.3) is 0 Å². The van der Waals surface area contributed by atoms with E-state index in [1.807, 2.05) is 76.0 Å². The fraction of sp³-hybridized carbons (Fsp3) is 0.690. The molecule has 8 atom stereocenters. The standard InChI is InChI=1S/C42H68N6O6S2/c1-13-27(4)36(47(10)40(51)35(26(2)3)45-41(52)42(6,7)46(8)9)33(53-11)24-34(49)48-21-14-15-32(48)37(54-12)28(5)38(50)44-31(39-43-20-22-56-39)23-29-16-18-30(25-55)19-17-29/h16-20,22,26-28,31-33,35-37,55H,13-15,21,23-25H2,1-12H3,(H,44,50)(H,45,52)/t27-,28?,31-,32-,33+,35-,36-,37+/m0/s1. The van der Waals surface area contributed by atoms with Crippen molar-refractivity contribution in [2.24, 2.45) is 17.8 Å². The minimum absolute atomic E-state index is 0.0139. The van der Waals surface area contributed by atoms with Gasteiger partial charge in [-0.3, -0.25) is 24.1 Å². The molecule has 1 unspecified atom stereocenters. The molecule has 12 nitrogen and oxygen atoms in total. The maximum Gasteiger partial charge on any atom is 0.245 e. The van der Waals surface area contributed by atoms with Crippen LogP contribution in [-0.2, 0) is 40.8 Å². The molecule has 0 saturated carbocycles. The first-order valence-corrected chi connectivity index (χ1v) is 21.4. The van der Waals surface area contributed by atoms with Crippen molar-refractivity contribution in [1.29, 1.82) is 0 Å². The Kier molecular flexibility index (Phi) is 18.3. The van der Waals surface area contributed by atoms with Gasteiger partial charge in [-0.15, -0.1) is 11.3 Å². The summed E-state index contributed by atoms with van der Waals surface area (Å²) in [7, 11) is 8.57. The summed E-state index contributed by atoms with van der Waals surface area (Å²) in [5, 5.41) is 8.98. The lowest BCUT2D eigenvalue weighted by molar-refractivity contribution is -0.148. The third-order valence-electron chi connectivity index (χ3n) is 11.9. The predicted molar refractivity (Wildman–Crippen MR) is 226 cm³/mol. The Bertz CT molecular complexity index is 1550. The highest BCUT2D eigenvalue weighted by atomic mass is 32.1. The highest BCUT2D eigenvalue weighted by Gasteiger charge is 2.43. The van der Waals surface area contributed by atoms with Gasteiger partial charge in [0.05, 0.1) is 48.2 Å². The van der Waals surface area contributed by atoms with Crippen molar-refractivity contribution >= 4 is 47.6 Å². The van der Waals surface area contributed by atoms with Crippen LogP contribution in [-0.4, -0.2) is 121 Å². The first-order valence-electron chi connectivity index (χ1n) is 19.9. The van der Waals surface area contributed by atoms with E-state index in [2.05, 4.69) is 54.2 Å². The second-order valence-electron chi connectivity index (χ2n) is 16.3. The number of hydrogen-bond acceptors (Lipinski definition) is 10. The van der Waals surface area contributed by atoms with E-state index in [1.165, 1.54) is 11.3 Å². The van der Waals surface area contributed by atoms with Crippen LogP contribution >= 0.6 is 24.0 Å². The number of aromatic nitrogens is 1. The number of methoxy groups -OCH3 is 2. The van der Waals surface area contributed by atoms with E-state index >= 15 is 0 Å². The van der Waals surface area contributed by atoms with Crippen LogP contribution in [0.15, 0.2) is 35.8 Å². The predicted octanol–water partition coefficient (Wildman–Crippen LogP) is 5.37. The van der Waals surface area contributed by atoms with Crippen LogP contribution in [0.4, 0.5) is 0 Å². The topological polar surface area (TPSA) is 133 Å². The molecule has 4 amide bonds. The second-order valence-corrected chi connectivity index (χ2v) is 17.6. The lowest BCUT2D eigenvalue weighted by Crippen LogP contribution is -2.61. The van der Waals surface area contributed by atoms with E-state index in [4.69, 9.17) is 9.47 Å². The fourth-order valence-electron chi connectivity index (χ4n) is 7.49. The number of nitrogens with zero attached hydrogens (tertiary/aromatic N) is 4. The number of hydrogen-bond donors (Lipinski definition) is 3. The van der Waals surface area contributed by atoms with Gasteiger partial charge < -0.3 is 29.9 Å². The van der Waals surface area contributed by atoms with Gasteiger partial charge in [0.1, 0.15) is 11.0 Å². The molecule has 0 radical (unpaired) electrons. The van der Waals surface area contributed by atoms with E-state index in [0.717, 1.165) is 29.0 Å². The molecule has 0 aliphatic carbocycles. The second kappa shape index (κ2) is 21.6. The van der Waals surface area contributed by atoms with Crippen LogP contribution < -0.4 is 10.6 Å². The Hall–Kier alpha value is -3.04. The number of nitrogens with one attached hydrogen (secondary N) is 2. The molecule has 2 heterocycles. The number of carbonyl (C=O) groups excluding carboxylic acids is 4. The number of likely N-dealkylation sites (tertiary alicyclic amines) is 1. The summed E-state index contributed by atoms with van der Waals surface area (Å²) >= 11 is 5.87. The monoisotopic (exact) mass is 816 g/mol. The van der Waals surface area contributed by atoms with Gasteiger partial charge >= 0.3 is 0 Å². The van der Waals surface area contributed by atoms with Crippen molar-refractivity contribution < 1.29 is 28.7 Å². The number of thiol groups is 1. The number of likely N-dealkylation sites (N-methyl/N-ethyl adjacent to an activating group) is 2. The average molecular weight is 817 g/mol. The maximum absolute atomic E-state index is 14.3. The van der Waals surface area contributed by atoms with Crippen molar-refractivity contribution in [3.8, 4) is 0 Å². The molecule has 314 valence electrons. The van der Waals surface area contributed by atoms with E-state index < -0.39 is 35.7 Å². The Labute approximate surface area is 345 Å². The summed E-state index contributed by atoms with van der Waals surface area (Å²) in [6.45, 7) is 14.0. The largest absolute Gasteiger partial charge is 0.379 e. The highest BCUT2D eigenvalue weighted by Crippen LogP contribution is 2.31. The summed E-state index contributed by atoms with van der Waals surface area (Å²) < 4.78 is 12.1. The molecule has 1 aliphatic heterocycles. The van der Waals surface area contributed by atoms with Gasteiger partial charge in [0.2, 0.25) is 23.6 Å². The van der Waals surface area contributed by atoms with Crippen LogP contribution in [0.3, 0.4) is 0 Å². The van der Waals surface area contributed by atoms with E-state index in [9.17, 15) is 19.2 Å². The maximum atomic E-state index is 14.3. The SMILES string of the molecule is CC[C@H](C)[C@@H]([C@@H](CC(=O)N1CCC[C@H]1[C@H](OC)C(C)C(=O)N[C@@H](Cc1ccc(CS)cc1)c1nccs1)OC)N(C)C(=O)[C@@H](NC(=O)C(C)(C)N(C)C)C(C)C. The molecule has 0 spiro atoms. The van der Waals surface area contributed by atoms with Gasteiger partial charge in [0, 0.05) is 45.1 Å². The summed E-state index contributed by atoms with van der Waals surface area (Å²) in [6, 6.07) is 6.35. The number of thiazole rings is 1. The number of ether oxygens (including phenoxy) is 2. The molecule has 3 rings (SSSR count). The lowest BCUT2D eigenvalue weighted by Gasteiger charge is -2.41. The summed E-state index contributed by atoms with van der Waals surface area (Å²) in [5.41, 5.74) is 1.38. The first-order chi connectivity index (χ1) is 26.4. The minimum atomic E-state index is -0.823. The van der Waals surface area contributed by atoms with Crippen molar-refractivity contribution in [2.45, 2.75) is 128 Å². The number of amides is 4. The molecule has 1 fully saturated rings.